The molecule has 0 saturated carbocycles. The monoisotopic (exact) mass is 746 g/mol. The number of rotatable bonds is 19. The van der Waals surface area contributed by atoms with Crippen molar-refractivity contribution in [1.82, 2.24) is 9.80 Å². The summed E-state index contributed by atoms with van der Waals surface area (Å²) in [5.41, 5.74) is 2.43. The third kappa shape index (κ3) is 8.97. The lowest BCUT2D eigenvalue weighted by atomic mass is 9.87. The number of ketones is 1. The van der Waals surface area contributed by atoms with Crippen LogP contribution in [0.5, 0.6) is 40.2 Å². The van der Waals surface area contributed by atoms with E-state index in [-0.39, 0.29) is 34.9 Å². The average molecular weight is 747 g/mol. The second-order valence-electron chi connectivity index (χ2n) is 13.8. The SMILES string of the molecule is COc1ccc(CCCC(CCCc2ccc(OC)c(OC)c2)CN2CC3CCCC(C2=O)N3C(=O)C(=O)c2cc(OC)c(OC)c(OC)c2)cc1OC. The summed E-state index contributed by atoms with van der Waals surface area (Å²) >= 11 is 0. The number of Topliss-reactive ketones (excluding diaryl/α,β-unsaturated/α-hetero) is 1. The Morgan fingerprint density at radius 3 is 1.67 bits per heavy atom. The highest BCUT2D eigenvalue weighted by Crippen LogP contribution is 2.39. The van der Waals surface area contributed by atoms with Crippen molar-refractivity contribution in [3.63, 3.8) is 0 Å². The molecular formula is C42H54N2O10. The smallest absolute Gasteiger partial charge is 0.295 e. The van der Waals surface area contributed by atoms with Crippen LogP contribution in [-0.2, 0) is 22.4 Å². The van der Waals surface area contributed by atoms with Gasteiger partial charge in [-0.05, 0) is 111 Å². The first-order valence-corrected chi connectivity index (χ1v) is 18.6. The summed E-state index contributed by atoms with van der Waals surface area (Å²) in [4.78, 5) is 45.3. The molecule has 2 aliphatic rings. The molecule has 2 saturated heterocycles. The summed E-state index contributed by atoms with van der Waals surface area (Å²) in [6.45, 7) is 0.984. The summed E-state index contributed by atoms with van der Waals surface area (Å²) in [6, 6.07) is 14.0. The van der Waals surface area contributed by atoms with Crippen LogP contribution in [0.1, 0.15) is 66.4 Å². The zero-order valence-electron chi connectivity index (χ0n) is 32.6. The minimum atomic E-state index is -0.712. The molecule has 0 N–H and O–H groups in total. The average Bonchev–Trinajstić information content (AvgIpc) is 3.20. The van der Waals surface area contributed by atoms with E-state index < -0.39 is 17.7 Å². The van der Waals surface area contributed by atoms with E-state index in [0.717, 1.165) is 62.5 Å². The molecule has 0 aliphatic carbocycles. The third-order valence-corrected chi connectivity index (χ3v) is 10.7. The van der Waals surface area contributed by atoms with Crippen molar-refractivity contribution < 1.29 is 47.5 Å². The highest BCUT2D eigenvalue weighted by atomic mass is 16.5. The highest BCUT2D eigenvalue weighted by Gasteiger charge is 2.47. The quantitative estimate of drug-likeness (QED) is 0.104. The molecule has 2 heterocycles. The molecule has 54 heavy (non-hydrogen) atoms. The molecule has 12 heteroatoms. The number of methoxy groups -OCH3 is 7. The van der Waals surface area contributed by atoms with Crippen molar-refractivity contribution in [3.05, 3.63) is 65.2 Å². The second kappa shape index (κ2) is 18.8. The summed E-state index contributed by atoms with van der Waals surface area (Å²) in [6.07, 6.45) is 7.47. The van der Waals surface area contributed by atoms with Crippen LogP contribution in [-0.4, -0.2) is 102 Å². The van der Waals surface area contributed by atoms with Crippen LogP contribution in [0.2, 0.25) is 0 Å². The Morgan fingerprint density at radius 1 is 0.667 bits per heavy atom. The molecule has 3 aromatic carbocycles. The van der Waals surface area contributed by atoms with Gasteiger partial charge in [0.15, 0.2) is 34.5 Å². The Hall–Kier alpha value is -5.13. The van der Waals surface area contributed by atoms with Gasteiger partial charge < -0.3 is 43.0 Å². The zero-order valence-corrected chi connectivity index (χ0v) is 32.6. The molecule has 12 nitrogen and oxygen atoms in total. The molecule has 2 bridgehead atoms. The molecule has 292 valence electrons. The van der Waals surface area contributed by atoms with Gasteiger partial charge in [-0.25, -0.2) is 0 Å². The maximum Gasteiger partial charge on any atom is 0.295 e. The predicted octanol–water partition coefficient (Wildman–Crippen LogP) is 6.18. The fourth-order valence-electron chi connectivity index (χ4n) is 7.88. The molecule has 0 radical (unpaired) electrons. The maximum atomic E-state index is 14.2. The Balaban J connectivity index is 1.30. The number of aryl methyl sites for hydroxylation is 2. The summed E-state index contributed by atoms with van der Waals surface area (Å²) < 4.78 is 38.1. The van der Waals surface area contributed by atoms with Gasteiger partial charge in [0.2, 0.25) is 11.7 Å². The van der Waals surface area contributed by atoms with E-state index in [1.165, 1.54) is 38.4 Å². The normalized spacial score (nSPS) is 16.6. The lowest BCUT2D eigenvalue weighted by Crippen LogP contribution is -2.66. The fourth-order valence-corrected chi connectivity index (χ4v) is 7.88. The van der Waals surface area contributed by atoms with Crippen LogP contribution in [0, 0.1) is 5.92 Å². The Morgan fingerprint density at radius 2 is 1.19 bits per heavy atom. The van der Waals surface area contributed by atoms with Crippen LogP contribution in [0.25, 0.3) is 0 Å². The van der Waals surface area contributed by atoms with E-state index in [0.29, 0.717) is 48.3 Å². The largest absolute Gasteiger partial charge is 0.493 e. The van der Waals surface area contributed by atoms with Gasteiger partial charge in [-0.1, -0.05) is 12.1 Å². The highest BCUT2D eigenvalue weighted by molar-refractivity contribution is 6.43. The van der Waals surface area contributed by atoms with Gasteiger partial charge in [-0.3, -0.25) is 14.4 Å². The molecule has 3 aromatic rings. The molecule has 2 atom stereocenters. The fraction of sp³-hybridized carbons (Fsp3) is 0.500. The lowest BCUT2D eigenvalue weighted by molar-refractivity contribution is -0.157. The van der Waals surface area contributed by atoms with Crippen LogP contribution >= 0.6 is 0 Å². The number of piperazine rings is 1. The molecule has 2 unspecified atom stereocenters. The predicted molar refractivity (Wildman–Crippen MR) is 204 cm³/mol. The molecule has 2 amide bonds. The van der Waals surface area contributed by atoms with Gasteiger partial charge in [0, 0.05) is 18.7 Å². The van der Waals surface area contributed by atoms with E-state index in [1.54, 1.807) is 28.4 Å². The number of nitrogens with zero attached hydrogens (tertiary/aromatic N) is 2. The zero-order chi connectivity index (χ0) is 38.8. The van der Waals surface area contributed by atoms with Crippen molar-refractivity contribution in [2.24, 2.45) is 5.92 Å². The first kappa shape index (κ1) is 40.1. The van der Waals surface area contributed by atoms with Gasteiger partial charge in [0.1, 0.15) is 6.04 Å². The minimum absolute atomic E-state index is 0.0956. The molecule has 0 aromatic heterocycles. The Labute approximate surface area is 318 Å². The van der Waals surface area contributed by atoms with E-state index in [9.17, 15) is 14.4 Å². The first-order chi connectivity index (χ1) is 26.2. The number of likely N-dealkylation sites (tertiary alicyclic amines) is 1. The number of hydrogen-bond acceptors (Lipinski definition) is 10. The molecule has 2 fully saturated rings. The summed E-state index contributed by atoms with van der Waals surface area (Å²) in [5.74, 6) is 2.41. The van der Waals surface area contributed by atoms with Crippen molar-refractivity contribution >= 4 is 17.6 Å². The third-order valence-electron chi connectivity index (χ3n) is 10.7. The van der Waals surface area contributed by atoms with Crippen molar-refractivity contribution in [2.45, 2.75) is 69.9 Å². The number of fused-ring (bicyclic) bond motifs is 2. The second-order valence-corrected chi connectivity index (χ2v) is 13.8. The number of ether oxygens (including phenoxy) is 7. The summed E-state index contributed by atoms with van der Waals surface area (Å²) in [7, 11) is 10.9. The van der Waals surface area contributed by atoms with Crippen LogP contribution < -0.4 is 33.2 Å². The van der Waals surface area contributed by atoms with Gasteiger partial charge in [-0.15, -0.1) is 0 Å². The van der Waals surface area contributed by atoms with E-state index in [2.05, 4.69) is 12.1 Å². The van der Waals surface area contributed by atoms with Gasteiger partial charge in [0.25, 0.3) is 11.7 Å². The van der Waals surface area contributed by atoms with Crippen LogP contribution in [0.4, 0.5) is 0 Å². The topological polar surface area (TPSA) is 122 Å². The number of hydrogen-bond donors (Lipinski definition) is 0. The van der Waals surface area contributed by atoms with Crippen molar-refractivity contribution in [3.8, 4) is 40.2 Å². The van der Waals surface area contributed by atoms with E-state index >= 15 is 0 Å². The number of amides is 2. The van der Waals surface area contributed by atoms with Gasteiger partial charge >= 0.3 is 0 Å². The Kier molecular flexibility index (Phi) is 13.9. The number of carbonyl (C=O) groups excluding carboxylic acids is 3. The maximum absolute atomic E-state index is 14.2. The van der Waals surface area contributed by atoms with E-state index in [4.69, 9.17) is 33.2 Å². The molecule has 0 spiro atoms. The van der Waals surface area contributed by atoms with Gasteiger partial charge in [-0.2, -0.15) is 0 Å². The number of carbonyl (C=O) groups is 3. The van der Waals surface area contributed by atoms with Crippen LogP contribution in [0.3, 0.4) is 0 Å². The molecular weight excluding hydrogens is 692 g/mol. The van der Waals surface area contributed by atoms with Crippen LogP contribution in [0.15, 0.2) is 48.5 Å². The summed E-state index contributed by atoms with van der Waals surface area (Å²) in [5, 5.41) is 0. The number of benzene rings is 3. The minimum Gasteiger partial charge on any atom is -0.493 e. The lowest BCUT2D eigenvalue weighted by Gasteiger charge is -2.49. The Bertz CT molecular complexity index is 1690. The van der Waals surface area contributed by atoms with Crippen molar-refractivity contribution in [1.29, 1.82) is 0 Å². The van der Waals surface area contributed by atoms with Gasteiger partial charge in [0.05, 0.1) is 55.8 Å². The van der Waals surface area contributed by atoms with E-state index in [1.807, 2.05) is 29.2 Å². The molecule has 2 aliphatic heterocycles. The standard InChI is InChI=1S/C42H54N2O10/c1-48-33-19-17-27(21-35(33)50-3)11-8-13-29(14-9-12-28-18-20-34(49-2)36(22-28)51-4)25-43-26-31-15-10-16-32(41(43)46)44(31)42(47)39(45)30-23-37(52-5)40(54-7)38(24-30)53-6/h17-24,29,31-32H,8-16,25-26H2,1-7H3. The molecule has 5 rings (SSSR count). The first-order valence-electron chi connectivity index (χ1n) is 18.6. The number of piperidine rings is 1. The van der Waals surface area contributed by atoms with Crippen molar-refractivity contribution in [2.75, 3.05) is 62.9 Å².